The van der Waals surface area contributed by atoms with E-state index < -0.39 is 18.2 Å². The lowest BCUT2D eigenvalue weighted by Crippen LogP contribution is -2.41. The van der Waals surface area contributed by atoms with Crippen LogP contribution in [0.2, 0.25) is 0 Å². The third-order valence-corrected chi connectivity index (χ3v) is 6.75. The minimum atomic E-state index is -1.01. The Bertz CT molecular complexity index is 1030. The normalized spacial score (nSPS) is 19.5. The molecule has 1 aliphatic heterocycles. The maximum absolute atomic E-state index is 12.6. The molecule has 186 valence electrons. The van der Waals surface area contributed by atoms with Gasteiger partial charge in [0.05, 0.1) is 0 Å². The fourth-order valence-corrected chi connectivity index (χ4v) is 5.04. The SMILES string of the molecule is CCCC(CC(=O)NC[C@H]1CCO[C@H]1C(=O)O)NC(=O)OCC1c2ccccc2-c2ccccc21. The van der Waals surface area contributed by atoms with Crippen molar-refractivity contribution in [2.24, 2.45) is 5.92 Å². The van der Waals surface area contributed by atoms with E-state index in [1.54, 1.807) is 0 Å². The van der Waals surface area contributed by atoms with E-state index in [0.29, 0.717) is 19.4 Å². The van der Waals surface area contributed by atoms with Crippen molar-refractivity contribution < 1.29 is 29.0 Å². The lowest BCUT2D eigenvalue weighted by Gasteiger charge is -2.20. The van der Waals surface area contributed by atoms with Crippen LogP contribution in [0.5, 0.6) is 0 Å². The monoisotopic (exact) mass is 480 g/mol. The Kier molecular flexibility index (Phi) is 8.02. The molecular weight excluding hydrogens is 448 g/mol. The molecule has 2 aromatic rings. The number of ether oxygens (including phenoxy) is 2. The Morgan fingerprint density at radius 1 is 1.09 bits per heavy atom. The van der Waals surface area contributed by atoms with E-state index in [4.69, 9.17) is 9.47 Å². The molecule has 1 aliphatic carbocycles. The second-order valence-corrected chi connectivity index (χ2v) is 9.14. The number of hydrogen-bond donors (Lipinski definition) is 3. The van der Waals surface area contributed by atoms with Crippen molar-refractivity contribution in [3.8, 4) is 11.1 Å². The molecule has 0 radical (unpaired) electrons. The minimum Gasteiger partial charge on any atom is -0.479 e. The summed E-state index contributed by atoms with van der Waals surface area (Å²) in [7, 11) is 0. The summed E-state index contributed by atoms with van der Waals surface area (Å²) in [4.78, 5) is 36.4. The Balaban J connectivity index is 1.29. The van der Waals surface area contributed by atoms with Gasteiger partial charge < -0.3 is 25.2 Å². The molecule has 0 aromatic heterocycles. The van der Waals surface area contributed by atoms with Crippen molar-refractivity contribution in [3.05, 3.63) is 59.7 Å². The van der Waals surface area contributed by atoms with Crippen molar-refractivity contribution in [1.82, 2.24) is 10.6 Å². The lowest BCUT2D eigenvalue weighted by atomic mass is 9.98. The first-order valence-corrected chi connectivity index (χ1v) is 12.2. The van der Waals surface area contributed by atoms with Gasteiger partial charge in [-0.25, -0.2) is 9.59 Å². The highest BCUT2D eigenvalue weighted by Crippen LogP contribution is 2.44. The van der Waals surface area contributed by atoms with Crippen LogP contribution < -0.4 is 10.6 Å². The first kappa shape index (κ1) is 24.7. The average Bonchev–Trinajstić information content (AvgIpc) is 3.44. The highest BCUT2D eigenvalue weighted by Gasteiger charge is 2.34. The van der Waals surface area contributed by atoms with Crippen molar-refractivity contribution in [2.45, 2.75) is 50.7 Å². The number of aliphatic carboxylic acids is 1. The van der Waals surface area contributed by atoms with Crippen molar-refractivity contribution in [3.63, 3.8) is 0 Å². The third kappa shape index (κ3) is 5.82. The summed E-state index contributed by atoms with van der Waals surface area (Å²) < 4.78 is 10.8. The number of nitrogens with one attached hydrogen (secondary N) is 2. The quantitative estimate of drug-likeness (QED) is 0.478. The average molecular weight is 481 g/mol. The first-order chi connectivity index (χ1) is 17.0. The van der Waals surface area contributed by atoms with Gasteiger partial charge in [-0.15, -0.1) is 0 Å². The number of fused-ring (bicyclic) bond motifs is 3. The predicted molar refractivity (Wildman–Crippen MR) is 130 cm³/mol. The number of hydrogen-bond acceptors (Lipinski definition) is 5. The predicted octanol–water partition coefficient (Wildman–Crippen LogP) is 3.69. The molecule has 0 spiro atoms. The Labute approximate surface area is 205 Å². The standard InChI is InChI=1S/C27H32N2O6/c1-2-7-18(14-24(30)28-15-17-12-13-34-25(17)26(31)32)29-27(33)35-16-23-21-10-5-3-8-19(21)20-9-4-6-11-22(20)23/h3-6,8-11,17-18,23,25H,2,7,12-16H2,1H3,(H,28,30)(H,29,33)(H,31,32)/t17-,18?,25-/m1/s1. The summed E-state index contributed by atoms with van der Waals surface area (Å²) in [6.45, 7) is 2.81. The number of carboxylic acid groups (broad SMARTS) is 1. The number of amides is 2. The van der Waals surface area contributed by atoms with Crippen LogP contribution in [0.25, 0.3) is 11.1 Å². The number of alkyl carbamates (subject to hydrolysis) is 1. The Morgan fingerprint density at radius 2 is 1.74 bits per heavy atom. The first-order valence-electron chi connectivity index (χ1n) is 12.2. The van der Waals surface area contributed by atoms with Crippen LogP contribution >= 0.6 is 0 Å². The molecule has 1 unspecified atom stereocenters. The van der Waals surface area contributed by atoms with Gasteiger partial charge in [0, 0.05) is 37.5 Å². The molecule has 2 aromatic carbocycles. The highest BCUT2D eigenvalue weighted by molar-refractivity contribution is 5.80. The molecule has 3 N–H and O–H groups in total. The summed E-state index contributed by atoms with van der Waals surface area (Å²) in [5, 5.41) is 14.8. The second kappa shape index (κ2) is 11.4. The molecule has 35 heavy (non-hydrogen) atoms. The highest BCUT2D eigenvalue weighted by atomic mass is 16.5. The molecule has 2 amide bonds. The molecule has 8 nitrogen and oxygen atoms in total. The molecule has 4 rings (SSSR count). The number of carbonyl (C=O) groups excluding carboxylic acids is 2. The van der Waals surface area contributed by atoms with E-state index in [0.717, 1.165) is 28.7 Å². The van der Waals surface area contributed by atoms with Crippen LogP contribution in [0.1, 0.15) is 49.7 Å². The van der Waals surface area contributed by atoms with E-state index in [2.05, 4.69) is 34.9 Å². The summed E-state index contributed by atoms with van der Waals surface area (Å²) in [5.74, 6) is -1.53. The molecule has 1 fully saturated rings. The van der Waals surface area contributed by atoms with Gasteiger partial charge in [-0.1, -0.05) is 61.9 Å². The van der Waals surface area contributed by atoms with Crippen LogP contribution in [-0.4, -0.2) is 55.0 Å². The fourth-order valence-electron chi connectivity index (χ4n) is 5.04. The van der Waals surface area contributed by atoms with Gasteiger partial charge >= 0.3 is 12.1 Å². The number of carbonyl (C=O) groups is 3. The third-order valence-electron chi connectivity index (χ3n) is 6.75. The summed E-state index contributed by atoms with van der Waals surface area (Å²) in [5.41, 5.74) is 4.61. The minimum absolute atomic E-state index is 0.0307. The molecule has 2 aliphatic rings. The molecular formula is C27H32N2O6. The van der Waals surface area contributed by atoms with Gasteiger partial charge in [-0.3, -0.25) is 4.79 Å². The van der Waals surface area contributed by atoms with Gasteiger partial charge in [0.25, 0.3) is 0 Å². The number of benzene rings is 2. The van der Waals surface area contributed by atoms with E-state index >= 15 is 0 Å². The summed E-state index contributed by atoms with van der Waals surface area (Å²) in [6, 6.07) is 15.9. The zero-order valence-corrected chi connectivity index (χ0v) is 19.9. The summed E-state index contributed by atoms with van der Waals surface area (Å²) >= 11 is 0. The van der Waals surface area contributed by atoms with Crippen LogP contribution in [0, 0.1) is 5.92 Å². The van der Waals surface area contributed by atoms with Crippen LogP contribution in [0.4, 0.5) is 4.79 Å². The number of rotatable bonds is 10. The zero-order chi connectivity index (χ0) is 24.8. The maximum atomic E-state index is 12.6. The largest absolute Gasteiger partial charge is 0.479 e. The molecule has 1 heterocycles. The van der Waals surface area contributed by atoms with Crippen molar-refractivity contribution in [1.29, 1.82) is 0 Å². The van der Waals surface area contributed by atoms with Crippen LogP contribution in [0.15, 0.2) is 48.5 Å². The number of carboxylic acids is 1. The van der Waals surface area contributed by atoms with E-state index in [-0.39, 0.29) is 43.4 Å². The van der Waals surface area contributed by atoms with Crippen molar-refractivity contribution >= 4 is 18.0 Å². The molecule has 1 saturated heterocycles. The van der Waals surface area contributed by atoms with Gasteiger partial charge in [0.1, 0.15) is 6.61 Å². The second-order valence-electron chi connectivity index (χ2n) is 9.14. The van der Waals surface area contributed by atoms with E-state index in [1.807, 2.05) is 31.2 Å². The lowest BCUT2D eigenvalue weighted by molar-refractivity contribution is -0.149. The molecule has 3 atom stereocenters. The molecule has 8 heteroatoms. The van der Waals surface area contributed by atoms with Gasteiger partial charge in [0.2, 0.25) is 5.91 Å². The molecule has 0 saturated carbocycles. The molecule has 0 bridgehead atoms. The van der Waals surface area contributed by atoms with E-state index in [9.17, 15) is 19.5 Å². The van der Waals surface area contributed by atoms with Crippen molar-refractivity contribution in [2.75, 3.05) is 19.8 Å². The topological polar surface area (TPSA) is 114 Å². The van der Waals surface area contributed by atoms with Crippen LogP contribution in [0.3, 0.4) is 0 Å². The smallest absolute Gasteiger partial charge is 0.407 e. The fraction of sp³-hybridized carbons (Fsp3) is 0.444. The zero-order valence-electron chi connectivity index (χ0n) is 19.9. The Morgan fingerprint density at radius 3 is 2.37 bits per heavy atom. The van der Waals surface area contributed by atoms with E-state index in [1.165, 1.54) is 0 Å². The van der Waals surface area contributed by atoms with Gasteiger partial charge in [-0.05, 0) is 35.1 Å². The summed E-state index contributed by atoms with van der Waals surface area (Å²) in [6.07, 6.45) is 0.673. The van der Waals surface area contributed by atoms with Crippen LogP contribution in [-0.2, 0) is 19.1 Å². The van der Waals surface area contributed by atoms with Gasteiger partial charge in [-0.2, -0.15) is 0 Å². The van der Waals surface area contributed by atoms with Gasteiger partial charge in [0.15, 0.2) is 6.10 Å². The maximum Gasteiger partial charge on any atom is 0.407 e. The Hall–Kier alpha value is -3.39.